The maximum Gasteiger partial charge on any atom is 0.416 e. The van der Waals surface area contributed by atoms with Crippen molar-refractivity contribution in [3.05, 3.63) is 71.3 Å². The van der Waals surface area contributed by atoms with Crippen molar-refractivity contribution < 1.29 is 39.5 Å². The molecule has 0 saturated carbocycles. The zero-order chi connectivity index (χ0) is 29.8. The summed E-state index contributed by atoms with van der Waals surface area (Å²) in [5.41, 5.74) is -3.96. The highest BCUT2D eigenvalue weighted by molar-refractivity contribution is 6.20. The number of halogens is 9. The van der Waals surface area contributed by atoms with Crippen molar-refractivity contribution in [2.24, 2.45) is 0 Å². The first kappa shape index (κ1) is 26.0. The number of hydrogen-bond acceptors (Lipinski definition) is 6. The van der Waals surface area contributed by atoms with Gasteiger partial charge in [0, 0.05) is 0 Å². The number of aromatic nitrogens is 6. The largest absolute Gasteiger partial charge is 0.416 e. The van der Waals surface area contributed by atoms with Gasteiger partial charge in [-0.3, -0.25) is 0 Å². The number of alkyl halides is 9. The highest BCUT2D eigenvalue weighted by Gasteiger charge is 2.33. The molecule has 0 bridgehead atoms. The van der Waals surface area contributed by atoms with Crippen molar-refractivity contribution in [1.29, 1.82) is 0 Å². The summed E-state index contributed by atoms with van der Waals surface area (Å²) in [6.07, 6.45) is -14.1. The first-order valence-corrected chi connectivity index (χ1v) is 11.8. The molecule has 0 amide bonds. The second kappa shape index (κ2) is 8.30. The van der Waals surface area contributed by atoms with Gasteiger partial charge in [-0.2, -0.15) is 39.5 Å². The van der Waals surface area contributed by atoms with Gasteiger partial charge in [-0.25, -0.2) is 29.9 Å². The number of fused-ring (bicyclic) bond motifs is 9. The molecule has 42 heavy (non-hydrogen) atoms. The first-order chi connectivity index (χ1) is 19.7. The molecule has 3 heterocycles. The van der Waals surface area contributed by atoms with E-state index in [2.05, 4.69) is 29.9 Å². The lowest BCUT2D eigenvalue weighted by Gasteiger charge is -2.12. The van der Waals surface area contributed by atoms with Gasteiger partial charge >= 0.3 is 18.5 Å². The summed E-state index contributed by atoms with van der Waals surface area (Å²) in [5.74, 6) is 0. The van der Waals surface area contributed by atoms with E-state index in [9.17, 15) is 39.5 Å². The molecule has 7 rings (SSSR count). The molecule has 15 heteroatoms. The molecule has 210 valence electrons. The van der Waals surface area contributed by atoms with Crippen molar-refractivity contribution in [1.82, 2.24) is 29.9 Å². The number of nitrogens with zero attached hydrogens (tertiary/aromatic N) is 6. The minimum absolute atomic E-state index is 0.0191. The molecule has 0 aliphatic heterocycles. The Kier molecular flexibility index (Phi) is 5.13. The second-order valence-electron chi connectivity index (χ2n) is 9.37. The van der Waals surface area contributed by atoms with Crippen LogP contribution < -0.4 is 0 Å². The predicted molar refractivity (Wildman–Crippen MR) is 133 cm³/mol. The van der Waals surface area contributed by atoms with Crippen LogP contribution in [0.2, 0.25) is 0 Å². The normalized spacial score (nSPS) is 13.4. The van der Waals surface area contributed by atoms with E-state index in [1.165, 1.54) is 0 Å². The van der Waals surface area contributed by atoms with Crippen LogP contribution in [0, 0.1) is 0 Å². The maximum absolute atomic E-state index is 13.4. The third-order valence-corrected chi connectivity index (χ3v) is 6.65. The van der Waals surface area contributed by atoms with E-state index in [1.807, 2.05) is 0 Å². The molecule has 4 aromatic carbocycles. The lowest BCUT2D eigenvalue weighted by atomic mass is 10.1. The van der Waals surface area contributed by atoms with E-state index >= 15 is 0 Å². The van der Waals surface area contributed by atoms with Gasteiger partial charge in [-0.1, -0.05) is 0 Å². The topological polar surface area (TPSA) is 77.3 Å². The van der Waals surface area contributed by atoms with Crippen LogP contribution in [0.3, 0.4) is 0 Å². The van der Waals surface area contributed by atoms with Crippen molar-refractivity contribution >= 4 is 66.2 Å². The van der Waals surface area contributed by atoms with E-state index in [1.54, 1.807) is 0 Å². The summed E-state index contributed by atoms with van der Waals surface area (Å²) in [7, 11) is 0. The minimum Gasteiger partial charge on any atom is -0.242 e. The van der Waals surface area contributed by atoms with Crippen LogP contribution in [0.5, 0.6) is 0 Å². The smallest absolute Gasteiger partial charge is 0.242 e. The zero-order valence-corrected chi connectivity index (χ0v) is 20.3. The average molecular weight is 588 g/mol. The standard InChI is InChI=1S/C27H9F9N6/c28-25(29,30)10-1-4-13-16(7-10)40-22-19(37-13)23-21(39-14-5-2-11(26(31,32)33)8-17(14)41-23)24-20(22)38-15-6-3-12(27(34,35)36)9-18(15)42-24/h1-9H. The van der Waals surface area contributed by atoms with E-state index in [0.717, 1.165) is 54.6 Å². The molecule has 0 aliphatic rings. The summed E-state index contributed by atoms with van der Waals surface area (Å²) in [6, 6.07) is 7.96. The Labute approximate surface area is 225 Å². The highest BCUT2D eigenvalue weighted by atomic mass is 19.4. The highest BCUT2D eigenvalue weighted by Crippen LogP contribution is 2.37. The molecule has 0 radical (unpaired) electrons. The molecule has 0 unspecified atom stereocenters. The second-order valence-corrected chi connectivity index (χ2v) is 9.37. The van der Waals surface area contributed by atoms with Crippen molar-refractivity contribution in [2.75, 3.05) is 0 Å². The summed E-state index contributed by atoms with van der Waals surface area (Å²) in [6.45, 7) is 0. The Morgan fingerprint density at radius 2 is 0.524 bits per heavy atom. The Bertz CT molecular complexity index is 1990. The molecular formula is C27H9F9N6. The van der Waals surface area contributed by atoms with Crippen LogP contribution in [-0.2, 0) is 18.5 Å². The van der Waals surface area contributed by atoms with Gasteiger partial charge < -0.3 is 0 Å². The Hall–Kier alpha value is -4.95. The van der Waals surface area contributed by atoms with Gasteiger partial charge in [-0.15, -0.1) is 0 Å². The van der Waals surface area contributed by atoms with Crippen LogP contribution in [0.25, 0.3) is 66.2 Å². The summed E-state index contributed by atoms with van der Waals surface area (Å²) < 4.78 is 121. The Morgan fingerprint density at radius 1 is 0.310 bits per heavy atom. The summed E-state index contributed by atoms with van der Waals surface area (Å²) >= 11 is 0. The van der Waals surface area contributed by atoms with Gasteiger partial charge in [0.2, 0.25) is 0 Å². The third-order valence-electron chi connectivity index (χ3n) is 6.65. The van der Waals surface area contributed by atoms with Crippen LogP contribution in [0.4, 0.5) is 39.5 Å². The van der Waals surface area contributed by atoms with Gasteiger partial charge in [0.25, 0.3) is 0 Å². The van der Waals surface area contributed by atoms with Crippen LogP contribution in [0.1, 0.15) is 16.7 Å². The van der Waals surface area contributed by atoms with Crippen LogP contribution in [0.15, 0.2) is 54.6 Å². The van der Waals surface area contributed by atoms with Crippen molar-refractivity contribution in [3.63, 3.8) is 0 Å². The number of benzene rings is 4. The van der Waals surface area contributed by atoms with Gasteiger partial charge in [0.1, 0.15) is 33.1 Å². The minimum atomic E-state index is -4.69. The monoisotopic (exact) mass is 588 g/mol. The fourth-order valence-corrected chi connectivity index (χ4v) is 4.68. The summed E-state index contributed by atoms with van der Waals surface area (Å²) in [5, 5.41) is 0. The lowest BCUT2D eigenvalue weighted by molar-refractivity contribution is -0.138. The van der Waals surface area contributed by atoms with Crippen molar-refractivity contribution in [3.8, 4) is 0 Å². The van der Waals surface area contributed by atoms with Crippen molar-refractivity contribution in [2.45, 2.75) is 18.5 Å². The predicted octanol–water partition coefficient (Wildman–Crippen LogP) is 8.03. The van der Waals surface area contributed by atoms with Gasteiger partial charge in [0.05, 0.1) is 49.8 Å². The molecule has 0 N–H and O–H groups in total. The SMILES string of the molecule is FC(F)(F)c1ccc2nc3c4nc5cc(C(F)(F)F)ccc5nc4c4nc5cc(C(F)(F)F)ccc5nc4c3nc2c1. The van der Waals surface area contributed by atoms with Crippen LogP contribution >= 0.6 is 0 Å². The zero-order valence-electron chi connectivity index (χ0n) is 20.3. The Morgan fingerprint density at radius 3 is 0.738 bits per heavy atom. The van der Waals surface area contributed by atoms with Crippen LogP contribution in [-0.4, -0.2) is 29.9 Å². The molecule has 7 aromatic rings. The number of rotatable bonds is 0. The molecule has 0 spiro atoms. The first-order valence-electron chi connectivity index (χ1n) is 11.8. The quantitative estimate of drug-likeness (QED) is 0.101. The fraction of sp³-hybridized carbons (Fsp3) is 0.111. The molecular weight excluding hydrogens is 579 g/mol. The lowest BCUT2D eigenvalue weighted by Crippen LogP contribution is -2.06. The molecule has 0 fully saturated rings. The maximum atomic E-state index is 13.4. The van der Waals surface area contributed by atoms with E-state index in [4.69, 9.17) is 0 Å². The third kappa shape index (κ3) is 4.06. The average Bonchev–Trinajstić information content (AvgIpc) is 2.92. The molecule has 0 atom stereocenters. The molecule has 6 nitrogen and oxygen atoms in total. The van der Waals surface area contributed by atoms with Gasteiger partial charge in [0.15, 0.2) is 0 Å². The number of hydrogen-bond donors (Lipinski definition) is 0. The Balaban J connectivity index is 1.66. The van der Waals surface area contributed by atoms with Gasteiger partial charge in [-0.05, 0) is 54.6 Å². The molecule has 0 aliphatic carbocycles. The van der Waals surface area contributed by atoms with E-state index < -0.39 is 35.2 Å². The molecule has 3 aromatic heterocycles. The fourth-order valence-electron chi connectivity index (χ4n) is 4.68. The van der Waals surface area contributed by atoms with E-state index in [-0.39, 0.29) is 66.2 Å². The van der Waals surface area contributed by atoms with E-state index in [0.29, 0.717) is 0 Å². The molecule has 0 saturated heterocycles. The summed E-state index contributed by atoms with van der Waals surface area (Å²) in [4.78, 5) is 26.3.